The van der Waals surface area contributed by atoms with Crippen LogP contribution in [0.5, 0.6) is 0 Å². The molecule has 0 aromatic heterocycles. The summed E-state index contributed by atoms with van der Waals surface area (Å²) >= 11 is 0. The average molecular weight is 272 g/mol. The third-order valence-corrected chi connectivity index (χ3v) is 3.13. The van der Waals surface area contributed by atoms with Gasteiger partial charge in [0.25, 0.3) is 5.91 Å². The second-order valence-corrected chi connectivity index (χ2v) is 4.70. The standard InChI is InChI=1S/C16H17FN2O/c1-11-9-14(17)6-5-12(11)7-8-19-16(20)13-3-2-4-15(18)10-13/h2-6,9-10H,7-8,18H2,1H3,(H,19,20). The lowest BCUT2D eigenvalue weighted by Gasteiger charge is -2.08. The number of anilines is 1. The van der Waals surface area contributed by atoms with Crippen LogP contribution in [-0.2, 0) is 6.42 Å². The first-order chi connectivity index (χ1) is 9.56. The van der Waals surface area contributed by atoms with E-state index in [4.69, 9.17) is 5.73 Å². The van der Waals surface area contributed by atoms with Crippen LogP contribution in [0.15, 0.2) is 42.5 Å². The Balaban J connectivity index is 1.91. The van der Waals surface area contributed by atoms with Crippen molar-refractivity contribution in [2.75, 3.05) is 12.3 Å². The molecule has 0 atom stereocenters. The van der Waals surface area contributed by atoms with Crippen molar-refractivity contribution in [1.82, 2.24) is 5.32 Å². The van der Waals surface area contributed by atoms with Gasteiger partial charge in [-0.25, -0.2) is 4.39 Å². The van der Waals surface area contributed by atoms with Gasteiger partial charge in [-0.1, -0.05) is 12.1 Å². The van der Waals surface area contributed by atoms with Crippen LogP contribution in [0.3, 0.4) is 0 Å². The Morgan fingerprint density at radius 1 is 1.25 bits per heavy atom. The molecule has 0 saturated carbocycles. The minimum Gasteiger partial charge on any atom is -0.399 e. The predicted octanol–water partition coefficient (Wildman–Crippen LogP) is 2.69. The Hall–Kier alpha value is -2.36. The van der Waals surface area contributed by atoms with Gasteiger partial charge in [-0.3, -0.25) is 4.79 Å². The van der Waals surface area contributed by atoms with E-state index in [1.54, 1.807) is 30.3 Å². The van der Waals surface area contributed by atoms with Crippen LogP contribution in [0, 0.1) is 12.7 Å². The van der Waals surface area contributed by atoms with Gasteiger partial charge in [-0.15, -0.1) is 0 Å². The molecule has 0 aliphatic carbocycles. The molecule has 0 heterocycles. The molecule has 0 unspecified atom stereocenters. The molecule has 104 valence electrons. The molecule has 4 heteroatoms. The summed E-state index contributed by atoms with van der Waals surface area (Å²) in [5.74, 6) is -0.396. The molecule has 0 radical (unpaired) electrons. The van der Waals surface area contributed by atoms with E-state index in [0.29, 0.717) is 24.2 Å². The largest absolute Gasteiger partial charge is 0.399 e. The summed E-state index contributed by atoms with van der Waals surface area (Å²) < 4.78 is 13.0. The van der Waals surface area contributed by atoms with Crippen molar-refractivity contribution in [2.45, 2.75) is 13.3 Å². The van der Waals surface area contributed by atoms with Crippen molar-refractivity contribution in [3.63, 3.8) is 0 Å². The number of carbonyl (C=O) groups excluding carboxylic acids is 1. The number of aryl methyl sites for hydroxylation is 1. The van der Waals surface area contributed by atoms with Gasteiger partial charge >= 0.3 is 0 Å². The van der Waals surface area contributed by atoms with E-state index in [9.17, 15) is 9.18 Å². The van der Waals surface area contributed by atoms with Gasteiger partial charge in [-0.2, -0.15) is 0 Å². The fourth-order valence-electron chi connectivity index (χ4n) is 2.03. The molecule has 3 nitrogen and oxygen atoms in total. The maximum absolute atomic E-state index is 13.0. The molecule has 0 spiro atoms. The molecule has 1 amide bonds. The highest BCUT2D eigenvalue weighted by atomic mass is 19.1. The van der Waals surface area contributed by atoms with Crippen LogP contribution in [0.4, 0.5) is 10.1 Å². The minimum atomic E-state index is -0.241. The highest BCUT2D eigenvalue weighted by Gasteiger charge is 2.06. The number of halogens is 1. The highest BCUT2D eigenvalue weighted by molar-refractivity contribution is 5.94. The lowest BCUT2D eigenvalue weighted by molar-refractivity contribution is 0.0954. The Morgan fingerprint density at radius 2 is 2.05 bits per heavy atom. The van der Waals surface area contributed by atoms with E-state index in [2.05, 4.69) is 5.32 Å². The fourth-order valence-corrected chi connectivity index (χ4v) is 2.03. The summed E-state index contributed by atoms with van der Waals surface area (Å²) in [5.41, 5.74) is 8.66. The van der Waals surface area contributed by atoms with Crippen LogP contribution in [0.1, 0.15) is 21.5 Å². The van der Waals surface area contributed by atoms with Gasteiger partial charge in [-0.05, 0) is 54.8 Å². The molecule has 0 aliphatic rings. The smallest absolute Gasteiger partial charge is 0.251 e. The van der Waals surface area contributed by atoms with Crippen molar-refractivity contribution < 1.29 is 9.18 Å². The van der Waals surface area contributed by atoms with Gasteiger partial charge in [0, 0.05) is 17.8 Å². The van der Waals surface area contributed by atoms with Crippen LogP contribution in [-0.4, -0.2) is 12.5 Å². The minimum absolute atomic E-state index is 0.155. The van der Waals surface area contributed by atoms with E-state index in [1.807, 2.05) is 6.92 Å². The molecule has 20 heavy (non-hydrogen) atoms. The first kappa shape index (κ1) is 14.1. The predicted molar refractivity (Wildman–Crippen MR) is 78.0 cm³/mol. The maximum Gasteiger partial charge on any atom is 0.251 e. The van der Waals surface area contributed by atoms with Crippen LogP contribution >= 0.6 is 0 Å². The third-order valence-electron chi connectivity index (χ3n) is 3.13. The van der Waals surface area contributed by atoms with Gasteiger partial charge in [0.1, 0.15) is 5.82 Å². The van der Waals surface area contributed by atoms with Crippen molar-refractivity contribution in [3.8, 4) is 0 Å². The summed E-state index contributed by atoms with van der Waals surface area (Å²) in [5, 5.41) is 2.83. The zero-order valence-corrected chi connectivity index (χ0v) is 11.3. The number of nitrogens with one attached hydrogen (secondary N) is 1. The molecule has 2 aromatic rings. The summed E-state index contributed by atoms with van der Waals surface area (Å²) in [4.78, 5) is 11.9. The lowest BCUT2D eigenvalue weighted by Crippen LogP contribution is -2.25. The Labute approximate surface area is 117 Å². The molecule has 0 fully saturated rings. The van der Waals surface area contributed by atoms with E-state index in [0.717, 1.165) is 11.1 Å². The highest BCUT2D eigenvalue weighted by Crippen LogP contribution is 2.10. The van der Waals surface area contributed by atoms with Crippen LogP contribution < -0.4 is 11.1 Å². The SMILES string of the molecule is Cc1cc(F)ccc1CCNC(=O)c1cccc(N)c1. The third kappa shape index (κ3) is 3.57. The van der Waals surface area contributed by atoms with Crippen molar-refractivity contribution in [1.29, 1.82) is 0 Å². The Bertz CT molecular complexity index is 626. The second kappa shape index (κ2) is 6.19. The summed E-state index contributed by atoms with van der Waals surface area (Å²) in [6.45, 7) is 2.36. The van der Waals surface area contributed by atoms with Gasteiger partial charge in [0.05, 0.1) is 0 Å². The molecular formula is C16H17FN2O. The maximum atomic E-state index is 13.0. The number of nitrogen functional groups attached to an aromatic ring is 1. The first-order valence-corrected chi connectivity index (χ1v) is 6.45. The van der Waals surface area contributed by atoms with E-state index in [1.165, 1.54) is 12.1 Å². The number of amides is 1. The number of carbonyl (C=O) groups is 1. The summed E-state index contributed by atoms with van der Waals surface area (Å²) in [6.07, 6.45) is 0.667. The van der Waals surface area contributed by atoms with Crippen LogP contribution in [0.2, 0.25) is 0 Å². The summed E-state index contributed by atoms with van der Waals surface area (Å²) in [7, 11) is 0. The lowest BCUT2D eigenvalue weighted by atomic mass is 10.1. The Kier molecular flexibility index (Phi) is 4.35. The summed E-state index contributed by atoms with van der Waals surface area (Å²) in [6, 6.07) is 11.5. The van der Waals surface area contributed by atoms with Gasteiger partial charge in [0.15, 0.2) is 0 Å². The van der Waals surface area contributed by atoms with Crippen LogP contribution in [0.25, 0.3) is 0 Å². The molecular weight excluding hydrogens is 255 g/mol. The molecule has 0 aliphatic heterocycles. The monoisotopic (exact) mass is 272 g/mol. The van der Waals surface area contributed by atoms with Crippen molar-refractivity contribution in [3.05, 3.63) is 65.0 Å². The topological polar surface area (TPSA) is 55.1 Å². The molecule has 2 aromatic carbocycles. The molecule has 2 rings (SSSR count). The van der Waals surface area contributed by atoms with Crippen molar-refractivity contribution in [2.24, 2.45) is 0 Å². The van der Waals surface area contributed by atoms with E-state index >= 15 is 0 Å². The van der Waals surface area contributed by atoms with E-state index in [-0.39, 0.29) is 11.7 Å². The molecule has 3 N–H and O–H groups in total. The zero-order chi connectivity index (χ0) is 14.5. The second-order valence-electron chi connectivity index (χ2n) is 4.70. The molecule has 0 saturated heterocycles. The van der Waals surface area contributed by atoms with E-state index < -0.39 is 0 Å². The normalized spacial score (nSPS) is 10.3. The van der Waals surface area contributed by atoms with Crippen molar-refractivity contribution >= 4 is 11.6 Å². The quantitative estimate of drug-likeness (QED) is 0.841. The number of rotatable bonds is 4. The number of hydrogen-bond donors (Lipinski definition) is 2. The molecule has 0 bridgehead atoms. The van der Waals surface area contributed by atoms with Gasteiger partial charge < -0.3 is 11.1 Å². The first-order valence-electron chi connectivity index (χ1n) is 6.45. The number of hydrogen-bond acceptors (Lipinski definition) is 2. The Morgan fingerprint density at radius 3 is 2.75 bits per heavy atom. The average Bonchev–Trinajstić information content (AvgIpc) is 2.41. The number of nitrogens with two attached hydrogens (primary N) is 1. The zero-order valence-electron chi connectivity index (χ0n) is 11.3. The number of benzene rings is 2. The fraction of sp³-hybridized carbons (Fsp3) is 0.188. The van der Waals surface area contributed by atoms with Gasteiger partial charge in [0.2, 0.25) is 0 Å².